The quantitative estimate of drug-likeness (QED) is 0.816. The fourth-order valence-electron chi connectivity index (χ4n) is 1.89. The molecule has 0 radical (unpaired) electrons. The number of fused-ring (bicyclic) bond motifs is 1. The number of hydrogen-bond donors (Lipinski definition) is 1. The van der Waals surface area contributed by atoms with E-state index in [2.05, 4.69) is 0 Å². The average Bonchev–Trinajstić information content (AvgIpc) is 2.47. The second-order valence-corrected chi connectivity index (χ2v) is 4.34. The molecule has 14 heavy (non-hydrogen) atoms. The lowest BCUT2D eigenvalue weighted by Gasteiger charge is -2.11. The molecular weight excluding hydrogens is 198 g/mol. The summed E-state index contributed by atoms with van der Waals surface area (Å²) in [5.74, 6) is 1.36. The Labute approximate surface area is 89.0 Å². The molecule has 0 saturated heterocycles. The van der Waals surface area contributed by atoms with Crippen LogP contribution in [0.25, 0.3) is 0 Å². The summed E-state index contributed by atoms with van der Waals surface area (Å²) in [4.78, 5) is 0. The zero-order valence-electron chi connectivity index (χ0n) is 8.16. The van der Waals surface area contributed by atoms with Crippen LogP contribution in [0, 0.1) is 0 Å². The molecule has 1 heterocycles. The van der Waals surface area contributed by atoms with Crippen LogP contribution in [-0.4, -0.2) is 12.6 Å². The van der Waals surface area contributed by atoms with Gasteiger partial charge in [0, 0.05) is 22.5 Å². The van der Waals surface area contributed by atoms with Crippen LogP contribution >= 0.6 is 11.6 Å². The molecule has 1 aromatic rings. The normalized spacial score (nSPS) is 21.5. The third-order valence-electron chi connectivity index (χ3n) is 2.51. The molecule has 0 aliphatic carbocycles. The maximum atomic E-state index is 5.94. The summed E-state index contributed by atoms with van der Waals surface area (Å²) in [6, 6.07) is 5.97. The van der Waals surface area contributed by atoms with Gasteiger partial charge in [0.15, 0.2) is 0 Å². The molecule has 0 spiro atoms. The highest BCUT2D eigenvalue weighted by Gasteiger charge is 2.24. The molecule has 1 aliphatic rings. The molecular formula is C11H14ClNO. The van der Waals surface area contributed by atoms with Crippen LogP contribution < -0.4 is 10.5 Å². The van der Waals surface area contributed by atoms with Gasteiger partial charge in [-0.25, -0.2) is 0 Å². The summed E-state index contributed by atoms with van der Waals surface area (Å²) < 4.78 is 5.55. The lowest BCUT2D eigenvalue weighted by atomic mass is 9.95. The number of halogens is 1. The molecule has 2 unspecified atom stereocenters. The predicted molar refractivity (Wildman–Crippen MR) is 58.0 cm³/mol. The molecule has 0 amide bonds. The van der Waals surface area contributed by atoms with Gasteiger partial charge < -0.3 is 10.5 Å². The monoisotopic (exact) mass is 211 g/mol. The minimum atomic E-state index is 0.202. The van der Waals surface area contributed by atoms with Crippen molar-refractivity contribution in [3.05, 3.63) is 28.8 Å². The van der Waals surface area contributed by atoms with Crippen molar-refractivity contribution in [2.45, 2.75) is 25.3 Å². The van der Waals surface area contributed by atoms with Crippen LogP contribution in [0.5, 0.6) is 5.75 Å². The van der Waals surface area contributed by atoms with E-state index in [0.29, 0.717) is 5.92 Å². The van der Waals surface area contributed by atoms with Crippen molar-refractivity contribution in [3.63, 3.8) is 0 Å². The van der Waals surface area contributed by atoms with Crippen LogP contribution in [0.15, 0.2) is 18.2 Å². The Bertz CT molecular complexity index is 338. The second kappa shape index (κ2) is 3.79. The van der Waals surface area contributed by atoms with Gasteiger partial charge in [-0.05, 0) is 31.5 Å². The molecule has 1 aliphatic heterocycles. The molecule has 2 N–H and O–H groups in total. The summed E-state index contributed by atoms with van der Waals surface area (Å²) in [7, 11) is 0. The summed E-state index contributed by atoms with van der Waals surface area (Å²) in [6.07, 6.45) is 0.952. The van der Waals surface area contributed by atoms with Gasteiger partial charge >= 0.3 is 0 Å². The topological polar surface area (TPSA) is 35.2 Å². The molecule has 0 saturated carbocycles. The second-order valence-electron chi connectivity index (χ2n) is 3.90. The lowest BCUT2D eigenvalue weighted by Crippen LogP contribution is -2.19. The SMILES string of the molecule is CC(N)CC1COc2ccc(Cl)cc21. The van der Waals surface area contributed by atoms with Crippen molar-refractivity contribution < 1.29 is 4.74 Å². The van der Waals surface area contributed by atoms with Crippen LogP contribution in [0.1, 0.15) is 24.8 Å². The maximum Gasteiger partial charge on any atom is 0.123 e. The summed E-state index contributed by atoms with van der Waals surface area (Å²) in [5.41, 5.74) is 6.98. The van der Waals surface area contributed by atoms with Crippen molar-refractivity contribution in [1.82, 2.24) is 0 Å². The first-order chi connectivity index (χ1) is 6.66. The first-order valence-electron chi connectivity index (χ1n) is 4.84. The zero-order valence-corrected chi connectivity index (χ0v) is 8.92. The first-order valence-corrected chi connectivity index (χ1v) is 5.22. The summed E-state index contributed by atoms with van der Waals surface area (Å²) >= 11 is 5.94. The van der Waals surface area contributed by atoms with Crippen LogP contribution in [0.3, 0.4) is 0 Å². The van der Waals surface area contributed by atoms with Crippen molar-refractivity contribution in [2.75, 3.05) is 6.61 Å². The van der Waals surface area contributed by atoms with E-state index < -0.39 is 0 Å². The minimum Gasteiger partial charge on any atom is -0.493 e. The van der Waals surface area contributed by atoms with Crippen molar-refractivity contribution in [2.24, 2.45) is 5.73 Å². The Hall–Kier alpha value is -0.730. The number of benzene rings is 1. The molecule has 76 valence electrons. The Morgan fingerprint density at radius 2 is 2.43 bits per heavy atom. The number of rotatable bonds is 2. The van der Waals surface area contributed by atoms with Crippen LogP contribution in [0.4, 0.5) is 0 Å². The maximum absolute atomic E-state index is 5.94. The van der Waals surface area contributed by atoms with Gasteiger partial charge in [-0.3, -0.25) is 0 Å². The third-order valence-corrected chi connectivity index (χ3v) is 2.74. The van der Waals surface area contributed by atoms with Gasteiger partial charge in [0.05, 0.1) is 6.61 Å². The van der Waals surface area contributed by atoms with E-state index in [1.54, 1.807) is 0 Å². The van der Waals surface area contributed by atoms with Gasteiger partial charge in [-0.1, -0.05) is 11.6 Å². The zero-order chi connectivity index (χ0) is 10.1. The van der Waals surface area contributed by atoms with E-state index in [4.69, 9.17) is 22.1 Å². The van der Waals surface area contributed by atoms with Crippen LogP contribution in [-0.2, 0) is 0 Å². The van der Waals surface area contributed by atoms with Gasteiger partial charge in [-0.2, -0.15) is 0 Å². The van der Waals surface area contributed by atoms with E-state index in [-0.39, 0.29) is 6.04 Å². The van der Waals surface area contributed by atoms with Crippen molar-refractivity contribution >= 4 is 11.6 Å². The van der Waals surface area contributed by atoms with E-state index in [1.807, 2.05) is 25.1 Å². The van der Waals surface area contributed by atoms with Gasteiger partial charge in [0.2, 0.25) is 0 Å². The molecule has 3 heteroatoms. The molecule has 2 atom stereocenters. The minimum absolute atomic E-state index is 0.202. The van der Waals surface area contributed by atoms with E-state index in [9.17, 15) is 0 Å². The first kappa shape index (κ1) is 9.81. The Balaban J connectivity index is 2.24. The number of ether oxygens (including phenoxy) is 1. The highest BCUT2D eigenvalue weighted by molar-refractivity contribution is 6.30. The van der Waals surface area contributed by atoms with Crippen LogP contribution in [0.2, 0.25) is 5.02 Å². The highest BCUT2D eigenvalue weighted by atomic mass is 35.5. The molecule has 0 fully saturated rings. The van der Waals surface area contributed by atoms with Gasteiger partial charge in [0.25, 0.3) is 0 Å². The highest BCUT2D eigenvalue weighted by Crippen LogP contribution is 2.37. The number of hydrogen-bond acceptors (Lipinski definition) is 2. The molecule has 2 nitrogen and oxygen atoms in total. The Kier molecular flexibility index (Phi) is 2.66. The fraction of sp³-hybridized carbons (Fsp3) is 0.455. The van der Waals surface area contributed by atoms with Crippen molar-refractivity contribution in [3.8, 4) is 5.75 Å². The smallest absolute Gasteiger partial charge is 0.123 e. The van der Waals surface area contributed by atoms with E-state index in [1.165, 1.54) is 5.56 Å². The molecule has 0 bridgehead atoms. The van der Waals surface area contributed by atoms with Gasteiger partial charge in [-0.15, -0.1) is 0 Å². The summed E-state index contributed by atoms with van der Waals surface area (Å²) in [6.45, 7) is 2.75. The molecule has 1 aromatic carbocycles. The summed E-state index contributed by atoms with van der Waals surface area (Å²) in [5, 5.41) is 0.768. The molecule has 0 aromatic heterocycles. The average molecular weight is 212 g/mol. The Morgan fingerprint density at radius 3 is 3.14 bits per heavy atom. The third kappa shape index (κ3) is 1.86. The predicted octanol–water partition coefficient (Wildman–Crippen LogP) is 2.55. The van der Waals surface area contributed by atoms with Gasteiger partial charge in [0.1, 0.15) is 5.75 Å². The molecule has 2 rings (SSSR count). The fourth-order valence-corrected chi connectivity index (χ4v) is 2.07. The largest absolute Gasteiger partial charge is 0.493 e. The number of nitrogens with two attached hydrogens (primary N) is 1. The standard InChI is InChI=1S/C11H14ClNO/c1-7(13)4-8-6-14-11-3-2-9(12)5-10(8)11/h2-3,5,7-8H,4,6,13H2,1H3. The van der Waals surface area contributed by atoms with E-state index >= 15 is 0 Å². The van der Waals surface area contributed by atoms with E-state index in [0.717, 1.165) is 23.8 Å². The van der Waals surface area contributed by atoms with Crippen molar-refractivity contribution in [1.29, 1.82) is 0 Å². The lowest BCUT2D eigenvalue weighted by molar-refractivity contribution is 0.320. The Morgan fingerprint density at radius 1 is 1.64 bits per heavy atom.